The summed E-state index contributed by atoms with van der Waals surface area (Å²) in [6.45, 7) is 9.60. The molecule has 1 aliphatic heterocycles. The Bertz CT molecular complexity index is 391. The predicted octanol–water partition coefficient (Wildman–Crippen LogP) is 3.01. The third kappa shape index (κ3) is 4.67. The number of hydrogen-bond donors (Lipinski definition) is 1. The highest BCUT2D eigenvalue weighted by molar-refractivity contribution is 5.49. The Kier molecular flexibility index (Phi) is 6.12. The number of nitrogens with zero attached hydrogens (tertiary/aromatic N) is 2. The van der Waals surface area contributed by atoms with E-state index in [1.165, 1.54) is 38.9 Å². The van der Waals surface area contributed by atoms with E-state index in [-0.39, 0.29) is 0 Å². The molecule has 0 radical (unpaired) electrons. The van der Waals surface area contributed by atoms with Crippen molar-refractivity contribution in [2.75, 3.05) is 38.1 Å². The Labute approximate surface area is 122 Å². The van der Waals surface area contributed by atoms with E-state index in [1.807, 2.05) is 19.1 Å². The summed E-state index contributed by atoms with van der Waals surface area (Å²) in [6.07, 6.45) is 5.92. The molecule has 1 aliphatic rings. The lowest BCUT2D eigenvalue weighted by Gasteiger charge is -2.29. The zero-order valence-electron chi connectivity index (χ0n) is 12.8. The molecule has 0 amide bonds. The van der Waals surface area contributed by atoms with Gasteiger partial charge in [-0.3, -0.25) is 0 Å². The highest BCUT2D eigenvalue weighted by atomic mass is 16.5. The number of pyridine rings is 1. The van der Waals surface area contributed by atoms with E-state index in [0.29, 0.717) is 12.5 Å². The average molecular weight is 277 g/mol. The van der Waals surface area contributed by atoms with Crippen LogP contribution < -0.4 is 10.1 Å². The minimum Gasteiger partial charge on any atom is -0.490 e. The van der Waals surface area contributed by atoms with Crippen LogP contribution in [0.2, 0.25) is 0 Å². The SMILES string of the molecule is CCOc1cccnc1NCC(C)CN1CCCCC1. The fourth-order valence-electron chi connectivity index (χ4n) is 2.71. The molecule has 1 unspecified atom stereocenters. The van der Waals surface area contributed by atoms with Crippen molar-refractivity contribution in [2.45, 2.75) is 33.1 Å². The van der Waals surface area contributed by atoms with E-state index < -0.39 is 0 Å². The van der Waals surface area contributed by atoms with Gasteiger partial charge in [0.05, 0.1) is 6.61 Å². The van der Waals surface area contributed by atoms with Gasteiger partial charge in [-0.2, -0.15) is 0 Å². The molecule has 0 aromatic carbocycles. The number of nitrogens with one attached hydrogen (secondary N) is 1. The Morgan fingerprint density at radius 3 is 2.90 bits per heavy atom. The van der Waals surface area contributed by atoms with E-state index >= 15 is 0 Å². The minimum absolute atomic E-state index is 0.615. The second-order valence-electron chi connectivity index (χ2n) is 5.63. The Morgan fingerprint density at radius 2 is 2.15 bits per heavy atom. The van der Waals surface area contributed by atoms with Gasteiger partial charge in [-0.15, -0.1) is 0 Å². The van der Waals surface area contributed by atoms with Gasteiger partial charge < -0.3 is 15.0 Å². The number of likely N-dealkylation sites (tertiary alicyclic amines) is 1. The number of ether oxygens (including phenoxy) is 1. The fourth-order valence-corrected chi connectivity index (χ4v) is 2.71. The summed E-state index contributed by atoms with van der Waals surface area (Å²) >= 11 is 0. The molecule has 1 saturated heterocycles. The topological polar surface area (TPSA) is 37.4 Å². The Balaban J connectivity index is 1.78. The smallest absolute Gasteiger partial charge is 0.168 e. The quantitative estimate of drug-likeness (QED) is 0.831. The molecule has 1 fully saturated rings. The van der Waals surface area contributed by atoms with Crippen molar-refractivity contribution in [3.63, 3.8) is 0 Å². The summed E-state index contributed by atoms with van der Waals surface area (Å²) in [5, 5.41) is 3.42. The normalized spacial score (nSPS) is 17.7. The van der Waals surface area contributed by atoms with Crippen LogP contribution in [0.5, 0.6) is 5.75 Å². The highest BCUT2D eigenvalue weighted by Crippen LogP contribution is 2.21. The monoisotopic (exact) mass is 277 g/mol. The number of rotatable bonds is 7. The van der Waals surface area contributed by atoms with Gasteiger partial charge in [0.2, 0.25) is 0 Å². The molecule has 1 aromatic heterocycles. The molecule has 2 rings (SSSR count). The van der Waals surface area contributed by atoms with Crippen molar-refractivity contribution in [3.05, 3.63) is 18.3 Å². The molecule has 0 saturated carbocycles. The van der Waals surface area contributed by atoms with E-state index in [1.54, 1.807) is 6.20 Å². The van der Waals surface area contributed by atoms with E-state index in [0.717, 1.165) is 18.1 Å². The van der Waals surface area contributed by atoms with Gasteiger partial charge in [0, 0.05) is 19.3 Å². The van der Waals surface area contributed by atoms with Crippen LogP contribution in [-0.2, 0) is 0 Å². The second-order valence-corrected chi connectivity index (χ2v) is 5.63. The molecule has 0 spiro atoms. The standard InChI is InChI=1S/C16H27N3O/c1-3-20-15-8-7-9-17-16(15)18-12-14(2)13-19-10-5-4-6-11-19/h7-9,14H,3-6,10-13H2,1-2H3,(H,17,18). The fraction of sp³-hybridized carbons (Fsp3) is 0.688. The van der Waals surface area contributed by atoms with Gasteiger partial charge in [0.15, 0.2) is 11.6 Å². The van der Waals surface area contributed by atoms with Crippen molar-refractivity contribution >= 4 is 5.82 Å². The van der Waals surface area contributed by atoms with Crippen LogP contribution in [0.4, 0.5) is 5.82 Å². The van der Waals surface area contributed by atoms with Crippen molar-refractivity contribution < 1.29 is 4.74 Å². The first kappa shape index (κ1) is 15.1. The lowest BCUT2D eigenvalue weighted by molar-refractivity contribution is 0.204. The third-order valence-corrected chi connectivity index (χ3v) is 3.71. The highest BCUT2D eigenvalue weighted by Gasteiger charge is 2.14. The average Bonchev–Trinajstić information content (AvgIpc) is 2.48. The first-order valence-corrected chi connectivity index (χ1v) is 7.83. The van der Waals surface area contributed by atoms with Gasteiger partial charge in [0.1, 0.15) is 0 Å². The molecule has 20 heavy (non-hydrogen) atoms. The van der Waals surface area contributed by atoms with Crippen molar-refractivity contribution in [1.29, 1.82) is 0 Å². The summed E-state index contributed by atoms with van der Waals surface area (Å²) in [4.78, 5) is 6.95. The van der Waals surface area contributed by atoms with Gasteiger partial charge >= 0.3 is 0 Å². The maximum absolute atomic E-state index is 5.58. The lowest BCUT2D eigenvalue weighted by atomic mass is 10.1. The molecule has 112 valence electrons. The van der Waals surface area contributed by atoms with Gasteiger partial charge in [-0.05, 0) is 50.9 Å². The van der Waals surface area contributed by atoms with Crippen molar-refractivity contribution in [3.8, 4) is 5.75 Å². The summed E-state index contributed by atoms with van der Waals surface area (Å²) in [7, 11) is 0. The molecule has 4 nitrogen and oxygen atoms in total. The first-order valence-electron chi connectivity index (χ1n) is 7.83. The molecule has 1 N–H and O–H groups in total. The van der Waals surface area contributed by atoms with Gasteiger partial charge in [-0.25, -0.2) is 4.98 Å². The van der Waals surface area contributed by atoms with Crippen molar-refractivity contribution in [2.24, 2.45) is 5.92 Å². The van der Waals surface area contributed by atoms with Crippen LogP contribution in [0.25, 0.3) is 0 Å². The Hall–Kier alpha value is -1.29. The first-order chi connectivity index (χ1) is 9.79. The number of aromatic nitrogens is 1. The summed E-state index contributed by atoms with van der Waals surface area (Å²) < 4.78 is 5.58. The van der Waals surface area contributed by atoms with Gasteiger partial charge in [0.25, 0.3) is 0 Å². The second kappa shape index (κ2) is 8.10. The number of hydrogen-bond acceptors (Lipinski definition) is 4. The molecule has 1 atom stereocenters. The maximum atomic E-state index is 5.58. The van der Waals surface area contributed by atoms with Crippen LogP contribution in [0.15, 0.2) is 18.3 Å². The molecule has 1 aromatic rings. The minimum atomic E-state index is 0.615. The van der Waals surface area contributed by atoms with E-state index in [9.17, 15) is 0 Å². The summed E-state index contributed by atoms with van der Waals surface area (Å²) in [6, 6.07) is 3.88. The molecule has 2 heterocycles. The van der Waals surface area contributed by atoms with E-state index in [4.69, 9.17) is 4.74 Å². The maximum Gasteiger partial charge on any atom is 0.168 e. The predicted molar refractivity (Wildman–Crippen MR) is 83.4 cm³/mol. The molecular formula is C16H27N3O. The molecule has 4 heteroatoms. The third-order valence-electron chi connectivity index (χ3n) is 3.71. The number of anilines is 1. The van der Waals surface area contributed by atoms with Crippen molar-refractivity contribution in [1.82, 2.24) is 9.88 Å². The summed E-state index contributed by atoms with van der Waals surface area (Å²) in [5.74, 6) is 2.32. The molecular weight excluding hydrogens is 250 g/mol. The molecule has 0 bridgehead atoms. The lowest BCUT2D eigenvalue weighted by Crippen LogP contribution is -2.35. The van der Waals surface area contributed by atoms with E-state index in [2.05, 4.69) is 22.1 Å². The van der Waals surface area contributed by atoms with Gasteiger partial charge in [-0.1, -0.05) is 13.3 Å². The van der Waals surface area contributed by atoms with Crippen LogP contribution in [0.1, 0.15) is 33.1 Å². The number of piperidine rings is 1. The Morgan fingerprint density at radius 1 is 1.35 bits per heavy atom. The van der Waals surface area contributed by atoms with Crippen LogP contribution in [0.3, 0.4) is 0 Å². The zero-order chi connectivity index (χ0) is 14.2. The zero-order valence-corrected chi connectivity index (χ0v) is 12.8. The van der Waals surface area contributed by atoms with Crippen LogP contribution in [0, 0.1) is 5.92 Å². The summed E-state index contributed by atoms with van der Waals surface area (Å²) in [5.41, 5.74) is 0. The molecule has 0 aliphatic carbocycles. The van der Waals surface area contributed by atoms with Crippen LogP contribution in [-0.4, -0.2) is 42.7 Å². The largest absolute Gasteiger partial charge is 0.490 e. The van der Waals surface area contributed by atoms with Crippen LogP contribution >= 0.6 is 0 Å².